The van der Waals surface area contributed by atoms with E-state index in [1.807, 2.05) is 29.2 Å². The van der Waals surface area contributed by atoms with Crippen LogP contribution in [-0.4, -0.2) is 37.6 Å². The highest BCUT2D eigenvalue weighted by atomic mass is 79.9. The van der Waals surface area contributed by atoms with Gasteiger partial charge in [0.25, 0.3) is 5.91 Å². The average Bonchev–Trinajstić information content (AvgIpc) is 2.68. The number of nitrogens with zero attached hydrogens (tertiary/aromatic N) is 1. The van der Waals surface area contributed by atoms with Crippen LogP contribution in [0.5, 0.6) is 5.75 Å². The topological polar surface area (TPSA) is 70.7 Å². The van der Waals surface area contributed by atoms with Gasteiger partial charge in [0, 0.05) is 30.3 Å². The lowest BCUT2D eigenvalue weighted by molar-refractivity contribution is -0.127. The molecule has 6 nitrogen and oxygen atoms in total. The standard InChI is InChI=1S/C20H21BrClN3O3/c1-13(28-18-7-4-15(22)10-17(18)21)20(27)24-11-14-2-5-16(6-3-14)25-9-8-23-19(26)12-25/h2-7,10,13H,8-9,11-12H2,1H3,(H,23,26)(H,24,27). The fraction of sp³-hybridized carbons (Fsp3) is 0.300. The monoisotopic (exact) mass is 465 g/mol. The Hall–Kier alpha value is -2.25. The summed E-state index contributed by atoms with van der Waals surface area (Å²) in [5, 5.41) is 6.27. The molecule has 1 aliphatic heterocycles. The molecule has 0 aliphatic carbocycles. The molecule has 0 radical (unpaired) electrons. The van der Waals surface area contributed by atoms with Gasteiger partial charge in [-0.15, -0.1) is 0 Å². The van der Waals surface area contributed by atoms with Crippen molar-refractivity contribution in [3.8, 4) is 5.75 Å². The van der Waals surface area contributed by atoms with Gasteiger partial charge in [0.05, 0.1) is 11.0 Å². The van der Waals surface area contributed by atoms with Crippen LogP contribution in [0.1, 0.15) is 12.5 Å². The van der Waals surface area contributed by atoms with Crippen LogP contribution in [0.2, 0.25) is 5.02 Å². The molecule has 1 fully saturated rings. The van der Waals surface area contributed by atoms with Crippen LogP contribution in [0.25, 0.3) is 0 Å². The van der Waals surface area contributed by atoms with E-state index in [0.717, 1.165) is 17.8 Å². The number of ether oxygens (including phenoxy) is 1. The minimum atomic E-state index is -0.649. The first-order valence-electron chi connectivity index (χ1n) is 8.92. The van der Waals surface area contributed by atoms with Crippen molar-refractivity contribution >= 4 is 45.0 Å². The van der Waals surface area contributed by atoms with Crippen LogP contribution in [-0.2, 0) is 16.1 Å². The molecule has 2 aromatic rings. The van der Waals surface area contributed by atoms with Crippen LogP contribution in [0, 0.1) is 0 Å². The molecule has 0 saturated carbocycles. The lowest BCUT2D eigenvalue weighted by Gasteiger charge is -2.28. The third-order valence-corrected chi connectivity index (χ3v) is 5.23. The van der Waals surface area contributed by atoms with Gasteiger partial charge in [-0.1, -0.05) is 23.7 Å². The van der Waals surface area contributed by atoms with Gasteiger partial charge in [-0.05, 0) is 58.7 Å². The largest absolute Gasteiger partial charge is 0.480 e. The molecule has 2 N–H and O–H groups in total. The molecule has 1 saturated heterocycles. The quantitative estimate of drug-likeness (QED) is 0.686. The average molecular weight is 467 g/mol. The molecule has 28 heavy (non-hydrogen) atoms. The second kappa shape index (κ2) is 9.30. The van der Waals surface area contributed by atoms with Gasteiger partial charge in [-0.25, -0.2) is 0 Å². The molecule has 0 bridgehead atoms. The Bertz CT molecular complexity index is 860. The fourth-order valence-corrected chi connectivity index (χ4v) is 3.61. The van der Waals surface area contributed by atoms with E-state index < -0.39 is 6.10 Å². The summed E-state index contributed by atoms with van der Waals surface area (Å²) in [5.74, 6) is 0.379. The minimum absolute atomic E-state index is 0.0314. The van der Waals surface area contributed by atoms with Crippen molar-refractivity contribution in [2.45, 2.75) is 19.6 Å². The van der Waals surface area contributed by atoms with Crippen LogP contribution in [0.15, 0.2) is 46.9 Å². The Morgan fingerprint density at radius 3 is 2.75 bits per heavy atom. The highest BCUT2D eigenvalue weighted by molar-refractivity contribution is 9.10. The summed E-state index contributed by atoms with van der Waals surface area (Å²) in [6.07, 6.45) is -0.649. The Labute approximate surface area is 177 Å². The lowest BCUT2D eigenvalue weighted by Crippen LogP contribution is -2.47. The zero-order chi connectivity index (χ0) is 20.1. The van der Waals surface area contributed by atoms with Crippen molar-refractivity contribution in [1.82, 2.24) is 10.6 Å². The highest BCUT2D eigenvalue weighted by Crippen LogP contribution is 2.28. The second-order valence-electron chi connectivity index (χ2n) is 6.49. The molecule has 8 heteroatoms. The third kappa shape index (κ3) is 5.39. The first-order chi connectivity index (χ1) is 13.4. The predicted octanol–water partition coefficient (Wildman–Crippen LogP) is 3.12. The molecule has 1 atom stereocenters. The van der Waals surface area contributed by atoms with Crippen LogP contribution in [0.3, 0.4) is 0 Å². The molecule has 1 aliphatic rings. The number of rotatable bonds is 6. The summed E-state index contributed by atoms with van der Waals surface area (Å²) in [6, 6.07) is 13.0. The number of carbonyl (C=O) groups excluding carboxylic acids is 2. The summed E-state index contributed by atoms with van der Waals surface area (Å²) < 4.78 is 6.39. The molecule has 1 heterocycles. The maximum Gasteiger partial charge on any atom is 0.261 e. The number of benzene rings is 2. The van der Waals surface area contributed by atoms with Crippen molar-refractivity contribution in [3.05, 3.63) is 57.5 Å². The van der Waals surface area contributed by atoms with Gasteiger partial charge < -0.3 is 20.3 Å². The first kappa shape index (κ1) is 20.5. The van der Waals surface area contributed by atoms with Gasteiger partial charge in [0.1, 0.15) is 5.75 Å². The van der Waals surface area contributed by atoms with E-state index in [-0.39, 0.29) is 11.8 Å². The van der Waals surface area contributed by atoms with E-state index in [0.29, 0.717) is 34.9 Å². The smallest absolute Gasteiger partial charge is 0.261 e. The first-order valence-corrected chi connectivity index (χ1v) is 10.1. The Kier molecular flexibility index (Phi) is 6.80. The number of halogens is 2. The number of nitrogens with one attached hydrogen (secondary N) is 2. The van der Waals surface area contributed by atoms with E-state index >= 15 is 0 Å². The SMILES string of the molecule is CC(Oc1ccc(Cl)cc1Br)C(=O)NCc1ccc(N2CCNC(=O)C2)cc1. The molecule has 2 aromatic carbocycles. The van der Waals surface area contributed by atoms with Crippen molar-refractivity contribution < 1.29 is 14.3 Å². The fourth-order valence-electron chi connectivity index (χ4n) is 2.83. The minimum Gasteiger partial charge on any atom is -0.480 e. The van der Waals surface area contributed by atoms with Gasteiger partial charge in [-0.2, -0.15) is 0 Å². The Balaban J connectivity index is 1.51. The zero-order valence-electron chi connectivity index (χ0n) is 15.4. The molecule has 148 valence electrons. The summed E-state index contributed by atoms with van der Waals surface area (Å²) in [6.45, 7) is 3.90. The van der Waals surface area contributed by atoms with Crippen molar-refractivity contribution in [2.75, 3.05) is 24.5 Å². The summed E-state index contributed by atoms with van der Waals surface area (Å²) in [7, 11) is 0. The predicted molar refractivity (Wildman–Crippen MR) is 113 cm³/mol. The maximum absolute atomic E-state index is 12.3. The number of piperazine rings is 1. The van der Waals surface area contributed by atoms with Crippen molar-refractivity contribution in [3.63, 3.8) is 0 Å². The number of carbonyl (C=O) groups is 2. The van der Waals surface area contributed by atoms with E-state index in [2.05, 4.69) is 26.6 Å². The number of hydrogen-bond acceptors (Lipinski definition) is 4. The summed E-state index contributed by atoms with van der Waals surface area (Å²) in [5.41, 5.74) is 1.97. The summed E-state index contributed by atoms with van der Waals surface area (Å²) >= 11 is 9.29. The normalized spacial score (nSPS) is 15.0. The van der Waals surface area contributed by atoms with Gasteiger partial charge in [-0.3, -0.25) is 9.59 Å². The Morgan fingerprint density at radius 1 is 1.32 bits per heavy atom. The highest BCUT2D eigenvalue weighted by Gasteiger charge is 2.17. The number of anilines is 1. The second-order valence-corrected chi connectivity index (χ2v) is 7.78. The molecule has 1 unspecified atom stereocenters. The molecular formula is C20H21BrClN3O3. The van der Waals surface area contributed by atoms with Crippen LogP contribution < -0.4 is 20.3 Å². The zero-order valence-corrected chi connectivity index (χ0v) is 17.7. The summed E-state index contributed by atoms with van der Waals surface area (Å²) in [4.78, 5) is 25.9. The number of hydrogen-bond donors (Lipinski definition) is 2. The molecule has 0 spiro atoms. The van der Waals surface area contributed by atoms with E-state index in [1.54, 1.807) is 25.1 Å². The number of amides is 2. The van der Waals surface area contributed by atoms with Crippen molar-refractivity contribution in [1.29, 1.82) is 0 Å². The van der Waals surface area contributed by atoms with Crippen LogP contribution >= 0.6 is 27.5 Å². The Morgan fingerprint density at radius 2 is 2.07 bits per heavy atom. The van der Waals surface area contributed by atoms with Gasteiger partial charge in [0.2, 0.25) is 5.91 Å². The molecule has 3 rings (SSSR count). The molecular weight excluding hydrogens is 446 g/mol. The maximum atomic E-state index is 12.3. The lowest BCUT2D eigenvalue weighted by atomic mass is 10.1. The van der Waals surface area contributed by atoms with Gasteiger partial charge in [0.15, 0.2) is 6.10 Å². The third-order valence-electron chi connectivity index (χ3n) is 4.37. The van der Waals surface area contributed by atoms with E-state index in [4.69, 9.17) is 16.3 Å². The van der Waals surface area contributed by atoms with Gasteiger partial charge >= 0.3 is 0 Å². The van der Waals surface area contributed by atoms with Crippen molar-refractivity contribution in [2.24, 2.45) is 0 Å². The van der Waals surface area contributed by atoms with E-state index in [9.17, 15) is 9.59 Å². The van der Waals surface area contributed by atoms with E-state index in [1.165, 1.54) is 0 Å². The molecule has 2 amide bonds. The van der Waals surface area contributed by atoms with Crippen LogP contribution in [0.4, 0.5) is 5.69 Å². The molecule has 0 aromatic heterocycles.